The summed E-state index contributed by atoms with van der Waals surface area (Å²) in [6.45, 7) is 15.1. The zero-order valence-electron chi connectivity index (χ0n) is 15.0. The summed E-state index contributed by atoms with van der Waals surface area (Å²) < 4.78 is 0. The van der Waals surface area contributed by atoms with Crippen LogP contribution in [0.2, 0.25) is 0 Å². The Kier molecular flexibility index (Phi) is 11.5. The van der Waals surface area contributed by atoms with Crippen molar-refractivity contribution >= 4 is 0 Å². The molecule has 0 spiro atoms. The summed E-state index contributed by atoms with van der Waals surface area (Å²) in [6.07, 6.45) is 6.65. The van der Waals surface area contributed by atoms with Crippen molar-refractivity contribution in [2.75, 3.05) is 46.8 Å². The molecule has 122 valence electrons. The molecular formula is C17H39N3. The Morgan fingerprint density at radius 1 is 0.800 bits per heavy atom. The fourth-order valence-electron chi connectivity index (χ4n) is 2.27. The van der Waals surface area contributed by atoms with Gasteiger partial charge in [0.15, 0.2) is 0 Å². The summed E-state index contributed by atoms with van der Waals surface area (Å²) >= 11 is 0. The molecule has 0 heterocycles. The SMILES string of the molecule is CCCN(CCCCCCNC(C)(C)C)CCN(C)C. The summed E-state index contributed by atoms with van der Waals surface area (Å²) in [5.74, 6) is 0. The lowest BCUT2D eigenvalue weighted by atomic mass is 10.1. The van der Waals surface area contributed by atoms with Gasteiger partial charge in [0, 0.05) is 18.6 Å². The third kappa shape index (κ3) is 14.3. The topological polar surface area (TPSA) is 18.5 Å². The predicted molar refractivity (Wildman–Crippen MR) is 91.5 cm³/mol. The van der Waals surface area contributed by atoms with Gasteiger partial charge in [0.2, 0.25) is 0 Å². The van der Waals surface area contributed by atoms with E-state index in [9.17, 15) is 0 Å². The molecule has 0 aromatic carbocycles. The van der Waals surface area contributed by atoms with E-state index in [1.165, 1.54) is 58.3 Å². The van der Waals surface area contributed by atoms with Crippen LogP contribution in [0, 0.1) is 0 Å². The molecule has 20 heavy (non-hydrogen) atoms. The van der Waals surface area contributed by atoms with Crippen LogP contribution in [-0.2, 0) is 0 Å². The predicted octanol–water partition coefficient (Wildman–Crippen LogP) is 3.21. The molecule has 0 atom stereocenters. The minimum absolute atomic E-state index is 0.268. The molecule has 0 radical (unpaired) electrons. The van der Waals surface area contributed by atoms with Crippen molar-refractivity contribution in [2.45, 2.75) is 65.3 Å². The second kappa shape index (κ2) is 11.5. The van der Waals surface area contributed by atoms with Crippen LogP contribution in [0.4, 0.5) is 0 Å². The molecule has 0 saturated heterocycles. The van der Waals surface area contributed by atoms with Gasteiger partial charge in [-0.2, -0.15) is 0 Å². The van der Waals surface area contributed by atoms with E-state index in [1.54, 1.807) is 0 Å². The fourth-order valence-corrected chi connectivity index (χ4v) is 2.27. The maximum absolute atomic E-state index is 3.56. The normalized spacial score (nSPS) is 12.6. The monoisotopic (exact) mass is 285 g/mol. The van der Waals surface area contributed by atoms with E-state index in [4.69, 9.17) is 0 Å². The first-order valence-electron chi connectivity index (χ1n) is 8.47. The number of hydrogen-bond acceptors (Lipinski definition) is 3. The lowest BCUT2D eigenvalue weighted by molar-refractivity contribution is 0.236. The van der Waals surface area contributed by atoms with E-state index in [0.717, 1.165) is 6.54 Å². The second-order valence-electron chi connectivity index (χ2n) is 7.24. The molecule has 3 nitrogen and oxygen atoms in total. The minimum atomic E-state index is 0.268. The van der Waals surface area contributed by atoms with Gasteiger partial charge in [-0.1, -0.05) is 19.8 Å². The van der Waals surface area contributed by atoms with Gasteiger partial charge in [-0.05, 0) is 73.8 Å². The summed E-state index contributed by atoms with van der Waals surface area (Å²) in [7, 11) is 4.32. The number of hydrogen-bond donors (Lipinski definition) is 1. The first-order chi connectivity index (χ1) is 9.35. The van der Waals surface area contributed by atoms with Crippen molar-refractivity contribution in [3.63, 3.8) is 0 Å². The van der Waals surface area contributed by atoms with Crippen LogP contribution >= 0.6 is 0 Å². The first-order valence-corrected chi connectivity index (χ1v) is 8.47. The molecule has 1 N–H and O–H groups in total. The smallest absolute Gasteiger partial charge is 0.0109 e. The molecule has 0 unspecified atom stereocenters. The largest absolute Gasteiger partial charge is 0.312 e. The van der Waals surface area contributed by atoms with Gasteiger partial charge >= 0.3 is 0 Å². The molecule has 0 aliphatic heterocycles. The maximum atomic E-state index is 3.56. The molecule has 0 bridgehead atoms. The second-order valence-corrected chi connectivity index (χ2v) is 7.24. The molecule has 0 saturated carbocycles. The Morgan fingerprint density at radius 3 is 2.00 bits per heavy atom. The zero-order valence-corrected chi connectivity index (χ0v) is 15.0. The van der Waals surface area contributed by atoms with E-state index < -0.39 is 0 Å². The average Bonchev–Trinajstić information content (AvgIpc) is 2.33. The zero-order chi connectivity index (χ0) is 15.4. The van der Waals surface area contributed by atoms with E-state index in [1.807, 2.05) is 0 Å². The number of nitrogens with one attached hydrogen (secondary N) is 1. The molecule has 3 heteroatoms. The Labute approximate surface area is 128 Å². The van der Waals surface area contributed by atoms with Crippen LogP contribution in [-0.4, -0.2) is 62.2 Å². The molecule has 0 aliphatic carbocycles. The van der Waals surface area contributed by atoms with Gasteiger partial charge in [-0.3, -0.25) is 0 Å². The van der Waals surface area contributed by atoms with Crippen LogP contribution in [0.25, 0.3) is 0 Å². The van der Waals surface area contributed by atoms with Crippen molar-refractivity contribution in [1.29, 1.82) is 0 Å². The van der Waals surface area contributed by atoms with Crippen molar-refractivity contribution < 1.29 is 0 Å². The standard InChI is InChI=1S/C17H39N3/c1-7-13-20(16-15-19(5)6)14-11-9-8-10-12-18-17(2,3)4/h18H,7-16H2,1-6H3. The van der Waals surface area contributed by atoms with E-state index >= 15 is 0 Å². The van der Waals surface area contributed by atoms with Crippen molar-refractivity contribution in [1.82, 2.24) is 15.1 Å². The highest BCUT2D eigenvalue weighted by molar-refractivity contribution is 4.69. The summed E-state index contributed by atoms with van der Waals surface area (Å²) in [4.78, 5) is 4.90. The van der Waals surface area contributed by atoms with Crippen molar-refractivity contribution in [3.05, 3.63) is 0 Å². The van der Waals surface area contributed by atoms with E-state index in [-0.39, 0.29) is 5.54 Å². The quantitative estimate of drug-likeness (QED) is 0.556. The van der Waals surface area contributed by atoms with E-state index in [0.29, 0.717) is 0 Å². The maximum Gasteiger partial charge on any atom is 0.0109 e. The molecule has 0 aromatic rings. The summed E-state index contributed by atoms with van der Waals surface area (Å²) in [6, 6.07) is 0. The van der Waals surface area contributed by atoms with Gasteiger partial charge in [0.1, 0.15) is 0 Å². The summed E-state index contributed by atoms with van der Waals surface area (Å²) in [5, 5.41) is 3.56. The van der Waals surface area contributed by atoms with Crippen LogP contribution in [0.1, 0.15) is 59.8 Å². The first kappa shape index (κ1) is 19.9. The van der Waals surface area contributed by atoms with Gasteiger partial charge in [-0.15, -0.1) is 0 Å². The Morgan fingerprint density at radius 2 is 1.45 bits per heavy atom. The van der Waals surface area contributed by atoms with Crippen molar-refractivity contribution in [2.24, 2.45) is 0 Å². The number of unbranched alkanes of at least 4 members (excludes halogenated alkanes) is 3. The number of likely N-dealkylation sites (N-methyl/N-ethyl adjacent to an activating group) is 1. The van der Waals surface area contributed by atoms with Crippen LogP contribution in [0.15, 0.2) is 0 Å². The summed E-state index contributed by atoms with van der Waals surface area (Å²) in [5.41, 5.74) is 0.268. The van der Waals surface area contributed by atoms with Gasteiger partial charge in [-0.25, -0.2) is 0 Å². The Balaban J connectivity index is 3.53. The molecule has 0 aromatic heterocycles. The fraction of sp³-hybridized carbons (Fsp3) is 1.00. The highest BCUT2D eigenvalue weighted by Gasteiger charge is 2.07. The third-order valence-corrected chi connectivity index (χ3v) is 3.46. The van der Waals surface area contributed by atoms with Crippen LogP contribution in [0.3, 0.4) is 0 Å². The molecule has 0 rings (SSSR count). The van der Waals surface area contributed by atoms with E-state index in [2.05, 4.69) is 56.9 Å². The molecule has 0 fully saturated rings. The lowest BCUT2D eigenvalue weighted by Gasteiger charge is -2.23. The molecule has 0 aliphatic rings. The third-order valence-electron chi connectivity index (χ3n) is 3.46. The van der Waals surface area contributed by atoms with Crippen LogP contribution in [0.5, 0.6) is 0 Å². The van der Waals surface area contributed by atoms with Crippen molar-refractivity contribution in [3.8, 4) is 0 Å². The van der Waals surface area contributed by atoms with Gasteiger partial charge in [0.25, 0.3) is 0 Å². The van der Waals surface area contributed by atoms with Gasteiger partial charge < -0.3 is 15.1 Å². The molecular weight excluding hydrogens is 246 g/mol. The van der Waals surface area contributed by atoms with Gasteiger partial charge in [0.05, 0.1) is 0 Å². The molecule has 0 amide bonds. The van der Waals surface area contributed by atoms with Crippen LogP contribution < -0.4 is 5.32 Å². The average molecular weight is 286 g/mol. The lowest BCUT2D eigenvalue weighted by Crippen LogP contribution is -2.36. The minimum Gasteiger partial charge on any atom is -0.312 e. The Bertz CT molecular complexity index is 209. The highest BCUT2D eigenvalue weighted by atomic mass is 15.2. The number of nitrogens with zero attached hydrogens (tertiary/aromatic N) is 2. The Hall–Kier alpha value is -0.120. The highest BCUT2D eigenvalue weighted by Crippen LogP contribution is 2.04. The number of rotatable bonds is 12.